The van der Waals surface area contributed by atoms with Gasteiger partial charge in [-0.15, -0.1) is 17.0 Å². The molecule has 0 amide bonds. The van der Waals surface area contributed by atoms with E-state index in [2.05, 4.69) is 0 Å². The number of amidine groups is 1. The molecule has 0 bridgehead atoms. The molecule has 206 valence electrons. The van der Waals surface area contributed by atoms with Crippen molar-refractivity contribution in [1.82, 2.24) is 4.90 Å². The van der Waals surface area contributed by atoms with Crippen molar-refractivity contribution in [3.63, 3.8) is 0 Å². The quantitative estimate of drug-likeness (QED) is 0.328. The number of nitriles is 1. The molecule has 2 aromatic rings. The summed E-state index contributed by atoms with van der Waals surface area (Å²) >= 11 is 0. The minimum Gasteiger partial charge on any atom is -0.490 e. The molecule has 1 aliphatic heterocycles. The van der Waals surface area contributed by atoms with Crippen LogP contribution in [0.2, 0.25) is 0 Å². The molecular weight excluding hydrogens is 557 g/mol. The fourth-order valence-electron chi connectivity index (χ4n) is 4.26. The Hall–Kier alpha value is -3.32. The first-order valence-electron chi connectivity index (χ1n) is 12.4. The number of ether oxygens (including phenoxy) is 4. The van der Waals surface area contributed by atoms with E-state index in [9.17, 15) is 4.79 Å². The van der Waals surface area contributed by atoms with Crippen LogP contribution in [0.5, 0.6) is 23.0 Å². The highest BCUT2D eigenvalue weighted by atomic mass is 79.9. The van der Waals surface area contributed by atoms with Crippen molar-refractivity contribution in [2.24, 2.45) is 0 Å². The van der Waals surface area contributed by atoms with Crippen LogP contribution in [0, 0.1) is 22.6 Å². The van der Waals surface area contributed by atoms with Gasteiger partial charge in [-0.05, 0) is 49.9 Å². The molecule has 38 heavy (non-hydrogen) atoms. The van der Waals surface area contributed by atoms with Crippen molar-refractivity contribution in [1.29, 1.82) is 10.7 Å². The van der Waals surface area contributed by atoms with E-state index in [0.29, 0.717) is 35.8 Å². The van der Waals surface area contributed by atoms with Crippen molar-refractivity contribution in [2.75, 3.05) is 33.0 Å². The zero-order valence-electron chi connectivity index (χ0n) is 22.7. The van der Waals surface area contributed by atoms with E-state index in [1.165, 1.54) is 4.90 Å². The smallest absolute Gasteiger partial charge is 0.197 e. The van der Waals surface area contributed by atoms with Crippen LogP contribution in [0.4, 0.5) is 4.39 Å². The Kier molecular flexibility index (Phi) is 10.5. The summed E-state index contributed by atoms with van der Waals surface area (Å²) < 4.78 is 37.9. The van der Waals surface area contributed by atoms with Gasteiger partial charge in [0.2, 0.25) is 0 Å². The van der Waals surface area contributed by atoms with Crippen LogP contribution in [0.25, 0.3) is 0 Å². The molecule has 0 aliphatic carbocycles. The van der Waals surface area contributed by atoms with Crippen molar-refractivity contribution < 1.29 is 28.1 Å². The molecule has 8 nitrogen and oxygen atoms in total. The molecule has 3 rings (SSSR count). The second-order valence-electron chi connectivity index (χ2n) is 9.53. The van der Waals surface area contributed by atoms with Gasteiger partial charge in [0.15, 0.2) is 41.2 Å². The standard InChI is InChI=1S/C28H34FN3O5.BrH/c1-7-34-21-13-17(12-19(28(4,5)6)25(21)37-11-10-30)20(33)16-32-15-18-14-22(35-8-2)26(36-9-3)24(29)23(18)27(32)31;/h12-14,31H,7-9,11,15-16H2,1-6H3;1H. The van der Waals surface area contributed by atoms with E-state index in [4.69, 9.17) is 29.6 Å². The van der Waals surface area contributed by atoms with Gasteiger partial charge in [-0.3, -0.25) is 10.2 Å². The predicted molar refractivity (Wildman–Crippen MR) is 148 cm³/mol. The molecule has 0 atom stereocenters. The molecule has 2 aromatic carbocycles. The summed E-state index contributed by atoms with van der Waals surface area (Å²) in [7, 11) is 0. The highest BCUT2D eigenvalue weighted by Gasteiger charge is 2.34. The Morgan fingerprint density at radius 2 is 1.63 bits per heavy atom. The predicted octanol–water partition coefficient (Wildman–Crippen LogP) is 5.82. The Morgan fingerprint density at radius 1 is 1.03 bits per heavy atom. The molecule has 0 unspecified atom stereocenters. The lowest BCUT2D eigenvalue weighted by atomic mass is 9.84. The van der Waals surface area contributed by atoms with Crippen LogP contribution in [0.1, 0.15) is 68.6 Å². The van der Waals surface area contributed by atoms with Crippen molar-refractivity contribution in [3.8, 4) is 29.1 Å². The molecular formula is C28H35BrFN3O5. The SMILES string of the molecule is Br.CCOc1cc(C(=O)CN2Cc3cc(OCC)c(OCC)c(F)c3C2=N)cc(C(C)(C)C)c1OCC#N. The van der Waals surface area contributed by atoms with E-state index >= 15 is 4.39 Å². The van der Waals surface area contributed by atoms with Crippen LogP contribution in [0.3, 0.4) is 0 Å². The second kappa shape index (κ2) is 13.0. The number of ketones is 1. The number of hydrogen-bond acceptors (Lipinski definition) is 7. The molecule has 1 N–H and O–H groups in total. The van der Waals surface area contributed by atoms with Gasteiger partial charge in [0, 0.05) is 17.7 Å². The summed E-state index contributed by atoms with van der Waals surface area (Å²) in [5.41, 5.74) is 1.38. The molecule has 0 spiro atoms. The van der Waals surface area contributed by atoms with Crippen molar-refractivity contribution >= 4 is 28.6 Å². The van der Waals surface area contributed by atoms with Gasteiger partial charge < -0.3 is 23.8 Å². The summed E-state index contributed by atoms with van der Waals surface area (Å²) in [5, 5.41) is 17.6. The average Bonchev–Trinajstić information content (AvgIpc) is 3.14. The number of nitrogens with one attached hydrogen (secondary N) is 1. The molecule has 0 saturated heterocycles. The lowest BCUT2D eigenvalue weighted by molar-refractivity contribution is 0.0962. The zero-order valence-corrected chi connectivity index (χ0v) is 24.4. The monoisotopic (exact) mass is 591 g/mol. The first-order chi connectivity index (χ1) is 17.6. The van der Waals surface area contributed by atoms with Crippen molar-refractivity contribution in [2.45, 2.75) is 53.5 Å². The molecule has 0 saturated carbocycles. The van der Waals surface area contributed by atoms with Gasteiger partial charge in [0.1, 0.15) is 11.9 Å². The normalized spacial score (nSPS) is 12.4. The summed E-state index contributed by atoms with van der Waals surface area (Å²) in [5.74, 6) is 0.0716. The summed E-state index contributed by atoms with van der Waals surface area (Å²) in [6.45, 7) is 12.1. The van der Waals surface area contributed by atoms with Crippen LogP contribution < -0.4 is 18.9 Å². The largest absolute Gasteiger partial charge is 0.490 e. The topological polar surface area (TPSA) is 105 Å². The van der Waals surface area contributed by atoms with E-state index in [-0.39, 0.29) is 72.0 Å². The fraction of sp³-hybridized carbons (Fsp3) is 0.464. The summed E-state index contributed by atoms with van der Waals surface area (Å²) in [6.07, 6.45) is 0. The summed E-state index contributed by atoms with van der Waals surface area (Å²) in [4.78, 5) is 15.0. The molecule has 1 aliphatic rings. The number of Topliss-reactive ketones (excluding diaryl/α,β-unsaturated/α-hetero) is 1. The van der Waals surface area contributed by atoms with Crippen LogP contribution in [0.15, 0.2) is 18.2 Å². The third-order valence-corrected chi connectivity index (χ3v) is 5.87. The maximum atomic E-state index is 15.4. The molecule has 0 aromatic heterocycles. The third kappa shape index (κ3) is 6.38. The fourth-order valence-corrected chi connectivity index (χ4v) is 4.26. The minimum atomic E-state index is -0.657. The van der Waals surface area contributed by atoms with E-state index in [1.807, 2.05) is 33.8 Å². The van der Waals surface area contributed by atoms with Crippen LogP contribution in [-0.2, 0) is 12.0 Å². The Balaban J connectivity index is 0.00000507. The number of fused-ring (bicyclic) bond motifs is 1. The van der Waals surface area contributed by atoms with Gasteiger partial charge >= 0.3 is 0 Å². The number of rotatable bonds is 11. The van der Waals surface area contributed by atoms with Gasteiger partial charge in [-0.2, -0.15) is 5.26 Å². The van der Waals surface area contributed by atoms with Crippen molar-refractivity contribution in [3.05, 3.63) is 46.3 Å². The maximum Gasteiger partial charge on any atom is 0.197 e. The van der Waals surface area contributed by atoms with E-state index in [1.54, 1.807) is 32.0 Å². The van der Waals surface area contributed by atoms with Gasteiger partial charge in [-0.1, -0.05) is 20.8 Å². The number of benzene rings is 2. The number of hydrogen-bond donors (Lipinski definition) is 1. The molecule has 10 heteroatoms. The number of carbonyl (C=O) groups excluding carboxylic acids is 1. The van der Waals surface area contributed by atoms with Crippen LogP contribution >= 0.6 is 17.0 Å². The molecule has 0 fully saturated rings. The lowest BCUT2D eigenvalue weighted by Gasteiger charge is -2.25. The highest BCUT2D eigenvalue weighted by molar-refractivity contribution is 8.93. The average molecular weight is 593 g/mol. The van der Waals surface area contributed by atoms with E-state index < -0.39 is 11.2 Å². The Morgan fingerprint density at radius 3 is 2.18 bits per heavy atom. The summed E-state index contributed by atoms with van der Waals surface area (Å²) in [6, 6.07) is 6.99. The Bertz CT molecular complexity index is 1240. The van der Waals surface area contributed by atoms with Gasteiger partial charge in [-0.25, -0.2) is 4.39 Å². The van der Waals surface area contributed by atoms with Crippen LogP contribution in [-0.4, -0.2) is 49.5 Å². The second-order valence-corrected chi connectivity index (χ2v) is 9.53. The minimum absolute atomic E-state index is 0. The third-order valence-electron chi connectivity index (χ3n) is 5.87. The first kappa shape index (κ1) is 30.9. The highest BCUT2D eigenvalue weighted by Crippen LogP contribution is 2.41. The Labute approximate surface area is 233 Å². The molecule has 0 radical (unpaired) electrons. The van der Waals surface area contributed by atoms with E-state index in [0.717, 1.165) is 5.56 Å². The lowest BCUT2D eigenvalue weighted by Crippen LogP contribution is -2.30. The maximum absolute atomic E-state index is 15.4. The number of nitrogens with zero attached hydrogens (tertiary/aromatic N) is 2. The number of carbonyl (C=O) groups is 1. The zero-order chi connectivity index (χ0) is 27.3. The molecule has 1 heterocycles. The first-order valence-corrected chi connectivity index (χ1v) is 12.4. The number of halogens is 2. The van der Waals surface area contributed by atoms with Gasteiger partial charge in [0.25, 0.3) is 0 Å². The van der Waals surface area contributed by atoms with Gasteiger partial charge in [0.05, 0.1) is 31.9 Å².